The summed E-state index contributed by atoms with van der Waals surface area (Å²) in [6.45, 7) is 0. The summed E-state index contributed by atoms with van der Waals surface area (Å²) < 4.78 is 1.67. The maximum absolute atomic E-state index is 12.6. The average molecular weight is 289 g/mol. The van der Waals surface area contributed by atoms with Gasteiger partial charge in [-0.05, 0) is 47.3 Å². The fourth-order valence-corrected chi connectivity index (χ4v) is 2.88. The molecule has 0 aliphatic heterocycles. The van der Waals surface area contributed by atoms with Gasteiger partial charge in [-0.15, -0.1) is 0 Å². The summed E-state index contributed by atoms with van der Waals surface area (Å²) in [5.74, 6) is 0.0375. The Hall–Kier alpha value is -3.01. The Labute approximate surface area is 127 Å². The predicted octanol–water partition coefficient (Wildman–Crippen LogP) is 3.59. The van der Waals surface area contributed by atoms with E-state index >= 15 is 0 Å². The minimum absolute atomic E-state index is 0.0375. The highest BCUT2D eigenvalue weighted by Crippen LogP contribution is 2.22. The third-order valence-corrected chi connectivity index (χ3v) is 4.01. The first-order valence-corrected chi connectivity index (χ1v) is 7.17. The van der Waals surface area contributed by atoms with E-state index in [2.05, 4.69) is 4.98 Å². The standard InChI is InChI=1S/C18H15N3O/c19-15-2-1-3-17-14(15)7-9-21(17)18(22)11-12-4-5-16-13(10-12)6-8-20-16/h1-10,20H,11,19H2. The summed E-state index contributed by atoms with van der Waals surface area (Å²) in [7, 11) is 0. The highest BCUT2D eigenvalue weighted by atomic mass is 16.2. The van der Waals surface area contributed by atoms with Crippen LogP contribution >= 0.6 is 0 Å². The van der Waals surface area contributed by atoms with E-state index < -0.39 is 0 Å². The second-order valence-electron chi connectivity index (χ2n) is 5.44. The quantitative estimate of drug-likeness (QED) is 0.554. The first-order chi connectivity index (χ1) is 10.7. The number of aromatic nitrogens is 2. The maximum Gasteiger partial charge on any atom is 0.235 e. The molecule has 0 aliphatic carbocycles. The molecule has 2 heterocycles. The molecule has 0 atom stereocenters. The van der Waals surface area contributed by atoms with Crippen molar-refractivity contribution in [3.63, 3.8) is 0 Å². The van der Waals surface area contributed by atoms with Crippen LogP contribution in [-0.4, -0.2) is 15.5 Å². The molecule has 0 aliphatic rings. The molecule has 0 saturated heterocycles. The number of fused-ring (bicyclic) bond motifs is 2. The topological polar surface area (TPSA) is 63.8 Å². The van der Waals surface area contributed by atoms with Crippen LogP contribution in [0.4, 0.5) is 5.69 Å². The first-order valence-electron chi connectivity index (χ1n) is 7.17. The molecule has 22 heavy (non-hydrogen) atoms. The van der Waals surface area contributed by atoms with Gasteiger partial charge < -0.3 is 10.7 Å². The van der Waals surface area contributed by atoms with E-state index in [1.165, 1.54) is 0 Å². The molecular formula is C18H15N3O. The minimum Gasteiger partial charge on any atom is -0.398 e. The van der Waals surface area contributed by atoms with Gasteiger partial charge in [-0.2, -0.15) is 0 Å². The average Bonchev–Trinajstić information content (AvgIpc) is 3.13. The van der Waals surface area contributed by atoms with Crippen molar-refractivity contribution < 1.29 is 4.79 Å². The molecule has 4 heteroatoms. The van der Waals surface area contributed by atoms with Gasteiger partial charge in [-0.1, -0.05) is 12.1 Å². The summed E-state index contributed by atoms with van der Waals surface area (Å²) in [5, 5.41) is 2.03. The fourth-order valence-electron chi connectivity index (χ4n) is 2.88. The number of anilines is 1. The van der Waals surface area contributed by atoms with Gasteiger partial charge in [0.2, 0.25) is 5.91 Å². The molecule has 2 aromatic heterocycles. The van der Waals surface area contributed by atoms with Gasteiger partial charge in [0.25, 0.3) is 0 Å². The number of aromatic amines is 1. The van der Waals surface area contributed by atoms with Crippen LogP contribution in [0.3, 0.4) is 0 Å². The zero-order valence-electron chi connectivity index (χ0n) is 11.9. The van der Waals surface area contributed by atoms with Gasteiger partial charge in [0, 0.05) is 29.0 Å². The molecule has 0 saturated carbocycles. The number of carbonyl (C=O) groups is 1. The largest absolute Gasteiger partial charge is 0.398 e. The number of nitrogens with one attached hydrogen (secondary N) is 1. The van der Waals surface area contributed by atoms with Gasteiger partial charge >= 0.3 is 0 Å². The highest BCUT2D eigenvalue weighted by molar-refractivity contribution is 5.98. The summed E-state index contributed by atoms with van der Waals surface area (Å²) in [6.07, 6.45) is 4.05. The molecule has 4 aromatic rings. The number of benzene rings is 2. The Morgan fingerprint density at radius 3 is 2.95 bits per heavy atom. The lowest BCUT2D eigenvalue weighted by Crippen LogP contribution is -2.12. The van der Waals surface area contributed by atoms with E-state index in [-0.39, 0.29) is 5.91 Å². The Balaban J connectivity index is 1.69. The van der Waals surface area contributed by atoms with Gasteiger partial charge in [0.1, 0.15) is 0 Å². The zero-order valence-corrected chi connectivity index (χ0v) is 11.9. The Kier molecular flexibility index (Phi) is 2.76. The second kappa shape index (κ2) is 4.77. The van der Waals surface area contributed by atoms with Gasteiger partial charge in [-0.25, -0.2) is 0 Å². The highest BCUT2D eigenvalue weighted by Gasteiger charge is 2.11. The van der Waals surface area contributed by atoms with E-state index in [4.69, 9.17) is 5.73 Å². The molecule has 3 N–H and O–H groups in total. The number of nitrogens with two attached hydrogens (primary N) is 1. The molecule has 0 amide bonds. The molecule has 0 fully saturated rings. The summed E-state index contributed by atoms with van der Waals surface area (Å²) in [6, 6.07) is 15.6. The van der Waals surface area contributed by atoms with E-state index in [0.717, 1.165) is 27.4 Å². The van der Waals surface area contributed by atoms with Crippen LogP contribution in [0.1, 0.15) is 10.4 Å². The smallest absolute Gasteiger partial charge is 0.235 e. The number of H-pyrrole nitrogens is 1. The summed E-state index contributed by atoms with van der Waals surface area (Å²) in [4.78, 5) is 15.7. The lowest BCUT2D eigenvalue weighted by atomic mass is 10.1. The zero-order chi connectivity index (χ0) is 15.1. The number of hydrogen-bond donors (Lipinski definition) is 2. The molecule has 108 valence electrons. The number of rotatable bonds is 2. The predicted molar refractivity (Wildman–Crippen MR) is 89.0 cm³/mol. The normalized spacial score (nSPS) is 11.3. The fraction of sp³-hybridized carbons (Fsp3) is 0.0556. The van der Waals surface area contributed by atoms with E-state index in [9.17, 15) is 4.79 Å². The van der Waals surface area contributed by atoms with Crippen molar-refractivity contribution in [2.24, 2.45) is 0 Å². The number of hydrogen-bond acceptors (Lipinski definition) is 2. The number of carbonyl (C=O) groups excluding carboxylic acids is 1. The van der Waals surface area contributed by atoms with Crippen molar-refractivity contribution in [3.8, 4) is 0 Å². The molecular weight excluding hydrogens is 274 g/mol. The van der Waals surface area contributed by atoms with E-state index in [1.807, 2.05) is 54.7 Å². The van der Waals surface area contributed by atoms with Crippen molar-refractivity contribution in [2.45, 2.75) is 6.42 Å². The van der Waals surface area contributed by atoms with E-state index in [1.54, 1.807) is 10.8 Å². The third-order valence-electron chi connectivity index (χ3n) is 4.01. The Morgan fingerprint density at radius 2 is 2.05 bits per heavy atom. The van der Waals surface area contributed by atoms with Gasteiger partial charge in [0.05, 0.1) is 11.9 Å². The van der Waals surface area contributed by atoms with Crippen molar-refractivity contribution in [1.29, 1.82) is 0 Å². The van der Waals surface area contributed by atoms with E-state index in [0.29, 0.717) is 12.1 Å². The molecule has 4 nitrogen and oxygen atoms in total. The van der Waals surface area contributed by atoms with Crippen LogP contribution in [0.25, 0.3) is 21.8 Å². The third kappa shape index (κ3) is 1.97. The van der Waals surface area contributed by atoms with Gasteiger partial charge in [0.15, 0.2) is 0 Å². The molecule has 0 unspecified atom stereocenters. The van der Waals surface area contributed by atoms with Crippen LogP contribution in [0.2, 0.25) is 0 Å². The maximum atomic E-state index is 12.6. The Bertz CT molecular complexity index is 994. The SMILES string of the molecule is Nc1cccc2c1ccn2C(=O)Cc1ccc2[nH]ccc2c1. The summed E-state index contributed by atoms with van der Waals surface area (Å²) >= 11 is 0. The minimum atomic E-state index is 0.0375. The second-order valence-corrected chi connectivity index (χ2v) is 5.44. The molecule has 0 spiro atoms. The van der Waals surface area contributed by atoms with Crippen molar-refractivity contribution in [1.82, 2.24) is 9.55 Å². The van der Waals surface area contributed by atoms with Crippen molar-refractivity contribution in [3.05, 3.63) is 66.5 Å². The number of nitrogens with zero attached hydrogens (tertiary/aromatic N) is 1. The van der Waals surface area contributed by atoms with Crippen LogP contribution < -0.4 is 5.73 Å². The van der Waals surface area contributed by atoms with Crippen LogP contribution in [0.5, 0.6) is 0 Å². The Morgan fingerprint density at radius 1 is 1.14 bits per heavy atom. The molecule has 2 aromatic carbocycles. The lowest BCUT2D eigenvalue weighted by molar-refractivity contribution is 0.0919. The number of nitrogen functional groups attached to an aromatic ring is 1. The molecule has 4 rings (SSSR count). The van der Waals surface area contributed by atoms with Gasteiger partial charge in [-0.3, -0.25) is 9.36 Å². The lowest BCUT2D eigenvalue weighted by Gasteiger charge is -2.05. The molecule has 0 radical (unpaired) electrons. The monoisotopic (exact) mass is 289 g/mol. The summed E-state index contributed by atoms with van der Waals surface area (Å²) in [5.41, 5.74) is 9.57. The van der Waals surface area contributed by atoms with Crippen LogP contribution in [-0.2, 0) is 6.42 Å². The van der Waals surface area contributed by atoms with Crippen LogP contribution in [0, 0.1) is 0 Å². The van der Waals surface area contributed by atoms with Crippen molar-refractivity contribution >= 4 is 33.4 Å². The van der Waals surface area contributed by atoms with Crippen molar-refractivity contribution in [2.75, 3.05) is 5.73 Å². The van der Waals surface area contributed by atoms with Crippen LogP contribution in [0.15, 0.2) is 60.9 Å². The first kappa shape index (κ1) is 12.7. The molecule has 0 bridgehead atoms.